The van der Waals surface area contributed by atoms with Crippen LogP contribution in [-0.4, -0.2) is 6.54 Å². The quantitative estimate of drug-likeness (QED) is 0.826. The third-order valence-corrected chi connectivity index (χ3v) is 2.51. The first-order valence-electron chi connectivity index (χ1n) is 5.34. The lowest BCUT2D eigenvalue weighted by atomic mass is 9.97. The standard InChI is InChI=1S/C13H20ClN/c1-10-7-12(14)6-5-11(10)8-15-9-13(2,3)4/h5-7,15H,8-9H2,1-4H3. The van der Waals surface area contributed by atoms with E-state index in [1.54, 1.807) is 0 Å². The second-order valence-corrected chi connectivity index (χ2v) is 5.67. The fraction of sp³-hybridized carbons (Fsp3) is 0.538. The van der Waals surface area contributed by atoms with Gasteiger partial charge in [0.1, 0.15) is 0 Å². The molecular weight excluding hydrogens is 206 g/mol. The molecule has 15 heavy (non-hydrogen) atoms. The maximum Gasteiger partial charge on any atom is 0.0408 e. The maximum atomic E-state index is 5.90. The normalized spacial score (nSPS) is 11.8. The van der Waals surface area contributed by atoms with Crippen LogP contribution in [0.4, 0.5) is 0 Å². The summed E-state index contributed by atoms with van der Waals surface area (Å²) in [6.07, 6.45) is 0. The van der Waals surface area contributed by atoms with Crippen molar-refractivity contribution in [2.24, 2.45) is 5.41 Å². The summed E-state index contributed by atoms with van der Waals surface area (Å²) in [5, 5.41) is 4.27. The van der Waals surface area contributed by atoms with Crippen molar-refractivity contribution in [1.29, 1.82) is 0 Å². The molecule has 1 aromatic carbocycles. The van der Waals surface area contributed by atoms with Crippen LogP contribution in [0.5, 0.6) is 0 Å². The van der Waals surface area contributed by atoms with E-state index in [4.69, 9.17) is 11.6 Å². The minimum atomic E-state index is 0.334. The molecule has 0 bridgehead atoms. The molecule has 0 saturated carbocycles. The van der Waals surface area contributed by atoms with Crippen LogP contribution in [-0.2, 0) is 6.54 Å². The fourth-order valence-electron chi connectivity index (χ4n) is 1.43. The summed E-state index contributed by atoms with van der Waals surface area (Å²) >= 11 is 5.90. The van der Waals surface area contributed by atoms with Crippen LogP contribution in [0.1, 0.15) is 31.9 Å². The Hall–Kier alpha value is -0.530. The summed E-state index contributed by atoms with van der Waals surface area (Å²) in [5.74, 6) is 0. The van der Waals surface area contributed by atoms with E-state index in [-0.39, 0.29) is 0 Å². The summed E-state index contributed by atoms with van der Waals surface area (Å²) < 4.78 is 0. The first kappa shape index (κ1) is 12.5. The fourth-order valence-corrected chi connectivity index (χ4v) is 1.66. The van der Waals surface area contributed by atoms with E-state index in [0.29, 0.717) is 5.41 Å². The van der Waals surface area contributed by atoms with Crippen LogP contribution in [0.2, 0.25) is 5.02 Å². The highest BCUT2D eigenvalue weighted by molar-refractivity contribution is 6.30. The topological polar surface area (TPSA) is 12.0 Å². The molecule has 1 rings (SSSR count). The van der Waals surface area contributed by atoms with Crippen LogP contribution in [0, 0.1) is 12.3 Å². The van der Waals surface area contributed by atoms with Crippen molar-refractivity contribution in [1.82, 2.24) is 5.32 Å². The van der Waals surface area contributed by atoms with Crippen molar-refractivity contribution >= 4 is 11.6 Å². The number of rotatable bonds is 3. The molecular formula is C13H20ClN. The van der Waals surface area contributed by atoms with Gasteiger partial charge in [-0.1, -0.05) is 38.4 Å². The molecule has 0 aromatic heterocycles. The van der Waals surface area contributed by atoms with Crippen molar-refractivity contribution in [2.45, 2.75) is 34.2 Å². The van der Waals surface area contributed by atoms with E-state index in [1.807, 2.05) is 12.1 Å². The van der Waals surface area contributed by atoms with Gasteiger partial charge in [0.25, 0.3) is 0 Å². The van der Waals surface area contributed by atoms with Gasteiger partial charge in [-0.25, -0.2) is 0 Å². The summed E-state index contributed by atoms with van der Waals surface area (Å²) in [5.41, 5.74) is 2.91. The van der Waals surface area contributed by atoms with E-state index in [0.717, 1.165) is 18.1 Å². The Morgan fingerprint density at radius 1 is 1.27 bits per heavy atom. The van der Waals surface area contributed by atoms with Gasteiger partial charge < -0.3 is 5.32 Å². The maximum absolute atomic E-state index is 5.90. The molecule has 1 N–H and O–H groups in total. The highest BCUT2D eigenvalue weighted by Gasteiger charge is 2.09. The first-order valence-corrected chi connectivity index (χ1v) is 5.72. The average molecular weight is 226 g/mol. The molecule has 0 amide bonds. The zero-order valence-corrected chi connectivity index (χ0v) is 10.8. The third-order valence-electron chi connectivity index (χ3n) is 2.28. The molecule has 0 spiro atoms. The molecule has 0 fully saturated rings. The Kier molecular flexibility index (Phi) is 4.18. The van der Waals surface area contributed by atoms with Gasteiger partial charge in [-0.3, -0.25) is 0 Å². The van der Waals surface area contributed by atoms with Crippen LogP contribution in [0.3, 0.4) is 0 Å². The second kappa shape index (κ2) is 5.00. The SMILES string of the molecule is Cc1cc(Cl)ccc1CNCC(C)(C)C. The van der Waals surface area contributed by atoms with Crippen LogP contribution < -0.4 is 5.32 Å². The molecule has 0 heterocycles. The molecule has 0 radical (unpaired) electrons. The summed E-state index contributed by atoms with van der Waals surface area (Å²) in [7, 11) is 0. The van der Waals surface area contributed by atoms with Gasteiger partial charge in [0.2, 0.25) is 0 Å². The minimum absolute atomic E-state index is 0.334. The van der Waals surface area contributed by atoms with E-state index in [2.05, 4.69) is 39.1 Å². The van der Waals surface area contributed by atoms with E-state index in [1.165, 1.54) is 11.1 Å². The van der Waals surface area contributed by atoms with E-state index in [9.17, 15) is 0 Å². The smallest absolute Gasteiger partial charge is 0.0408 e. The predicted molar refractivity (Wildman–Crippen MR) is 67.4 cm³/mol. The second-order valence-electron chi connectivity index (χ2n) is 5.24. The number of nitrogens with one attached hydrogen (secondary N) is 1. The predicted octanol–water partition coefficient (Wildman–Crippen LogP) is 3.78. The van der Waals surface area contributed by atoms with E-state index >= 15 is 0 Å². The Morgan fingerprint density at radius 2 is 1.93 bits per heavy atom. The number of benzene rings is 1. The van der Waals surface area contributed by atoms with Crippen LogP contribution in [0.15, 0.2) is 18.2 Å². The molecule has 2 heteroatoms. The Balaban J connectivity index is 2.51. The van der Waals surface area contributed by atoms with Crippen LogP contribution in [0.25, 0.3) is 0 Å². The van der Waals surface area contributed by atoms with Crippen molar-refractivity contribution in [3.8, 4) is 0 Å². The summed E-state index contributed by atoms with van der Waals surface area (Å²) in [4.78, 5) is 0. The van der Waals surface area contributed by atoms with Crippen molar-refractivity contribution in [2.75, 3.05) is 6.54 Å². The molecule has 0 saturated heterocycles. The molecule has 0 unspecified atom stereocenters. The third kappa shape index (κ3) is 4.67. The summed E-state index contributed by atoms with van der Waals surface area (Å²) in [6.45, 7) is 10.7. The van der Waals surface area contributed by atoms with Gasteiger partial charge in [-0.15, -0.1) is 0 Å². The molecule has 0 aliphatic rings. The number of hydrogen-bond acceptors (Lipinski definition) is 1. The van der Waals surface area contributed by atoms with Gasteiger partial charge in [0.15, 0.2) is 0 Å². The highest BCUT2D eigenvalue weighted by Crippen LogP contribution is 2.16. The molecule has 84 valence electrons. The largest absolute Gasteiger partial charge is 0.312 e. The Bertz CT molecular complexity index is 326. The van der Waals surface area contributed by atoms with Gasteiger partial charge in [0.05, 0.1) is 0 Å². The lowest BCUT2D eigenvalue weighted by Gasteiger charge is -2.19. The Labute approximate surface area is 97.8 Å². The van der Waals surface area contributed by atoms with Crippen LogP contribution >= 0.6 is 11.6 Å². The van der Waals surface area contributed by atoms with E-state index < -0.39 is 0 Å². The molecule has 1 aromatic rings. The summed E-state index contributed by atoms with van der Waals surface area (Å²) in [6, 6.07) is 6.05. The molecule has 0 aliphatic heterocycles. The zero-order chi connectivity index (χ0) is 11.5. The average Bonchev–Trinajstić information content (AvgIpc) is 2.07. The van der Waals surface area contributed by atoms with Gasteiger partial charge >= 0.3 is 0 Å². The van der Waals surface area contributed by atoms with Gasteiger partial charge in [0, 0.05) is 18.1 Å². The molecule has 1 nitrogen and oxygen atoms in total. The van der Waals surface area contributed by atoms with Crippen molar-refractivity contribution < 1.29 is 0 Å². The first-order chi connectivity index (χ1) is 6.88. The van der Waals surface area contributed by atoms with Crippen molar-refractivity contribution in [3.63, 3.8) is 0 Å². The van der Waals surface area contributed by atoms with Gasteiger partial charge in [-0.05, 0) is 35.6 Å². The monoisotopic (exact) mass is 225 g/mol. The lowest BCUT2D eigenvalue weighted by Crippen LogP contribution is -2.26. The van der Waals surface area contributed by atoms with Gasteiger partial charge in [-0.2, -0.15) is 0 Å². The number of halogens is 1. The number of hydrogen-bond donors (Lipinski definition) is 1. The molecule has 0 atom stereocenters. The highest BCUT2D eigenvalue weighted by atomic mass is 35.5. The zero-order valence-electron chi connectivity index (χ0n) is 10.0. The Morgan fingerprint density at radius 3 is 2.47 bits per heavy atom. The van der Waals surface area contributed by atoms with Crippen molar-refractivity contribution in [3.05, 3.63) is 34.3 Å². The minimum Gasteiger partial charge on any atom is -0.312 e. The molecule has 0 aliphatic carbocycles. The number of aryl methyl sites for hydroxylation is 1. The lowest BCUT2D eigenvalue weighted by molar-refractivity contribution is 0.379.